The molecule has 1 saturated heterocycles. The molecule has 0 atom stereocenters. The minimum atomic E-state index is -3.12. The van der Waals surface area contributed by atoms with Crippen molar-refractivity contribution in [3.63, 3.8) is 0 Å². The highest BCUT2D eigenvalue weighted by molar-refractivity contribution is 7.90. The molecule has 7 heteroatoms. The van der Waals surface area contributed by atoms with Crippen LogP contribution < -0.4 is 4.90 Å². The number of sulfone groups is 1. The van der Waals surface area contributed by atoms with Crippen LogP contribution in [0, 0.1) is 5.92 Å². The maximum atomic E-state index is 11.5. The van der Waals surface area contributed by atoms with Gasteiger partial charge < -0.3 is 4.90 Å². The van der Waals surface area contributed by atoms with Crippen molar-refractivity contribution in [1.29, 1.82) is 0 Å². The number of anilines is 1. The van der Waals surface area contributed by atoms with E-state index in [4.69, 9.17) is 0 Å². The Morgan fingerprint density at radius 3 is 2.41 bits per heavy atom. The van der Waals surface area contributed by atoms with E-state index in [1.54, 1.807) is 18.3 Å². The molecule has 0 N–H and O–H groups in total. The van der Waals surface area contributed by atoms with Crippen LogP contribution in [-0.4, -0.2) is 42.8 Å². The van der Waals surface area contributed by atoms with E-state index in [2.05, 4.69) is 15.2 Å². The summed E-state index contributed by atoms with van der Waals surface area (Å²) in [6, 6.07) is 7.17. The van der Waals surface area contributed by atoms with Gasteiger partial charge in [-0.3, -0.25) is 4.68 Å². The topological polar surface area (TPSA) is 68.1 Å². The lowest BCUT2D eigenvalue weighted by Gasteiger charge is -2.33. The van der Waals surface area contributed by atoms with Gasteiger partial charge in [-0.1, -0.05) is 5.21 Å². The molecule has 0 saturated carbocycles. The van der Waals surface area contributed by atoms with Crippen molar-refractivity contribution in [1.82, 2.24) is 15.0 Å². The number of benzene rings is 1. The second kappa shape index (κ2) is 6.08. The predicted molar refractivity (Wildman–Crippen MR) is 84.5 cm³/mol. The highest BCUT2D eigenvalue weighted by Gasteiger charge is 2.20. The lowest BCUT2D eigenvalue weighted by molar-refractivity contribution is 0.339. The summed E-state index contributed by atoms with van der Waals surface area (Å²) in [5.41, 5.74) is 1.09. The SMILES string of the molecule is CS(=O)(=O)c1ccc(N2CCC(Cn3ccnn3)CC2)cc1. The largest absolute Gasteiger partial charge is 0.372 e. The minimum absolute atomic E-state index is 0.373. The van der Waals surface area contributed by atoms with Gasteiger partial charge in [0.25, 0.3) is 0 Å². The average molecular weight is 320 g/mol. The van der Waals surface area contributed by atoms with Crippen LogP contribution in [0.1, 0.15) is 12.8 Å². The first-order valence-electron chi connectivity index (χ1n) is 7.41. The number of nitrogens with zero attached hydrogens (tertiary/aromatic N) is 4. The molecule has 118 valence electrons. The second-order valence-electron chi connectivity index (χ2n) is 5.82. The number of aromatic nitrogens is 3. The molecule has 6 nitrogen and oxygen atoms in total. The smallest absolute Gasteiger partial charge is 0.175 e. The van der Waals surface area contributed by atoms with E-state index in [1.165, 1.54) is 6.26 Å². The summed E-state index contributed by atoms with van der Waals surface area (Å²) < 4.78 is 24.9. The van der Waals surface area contributed by atoms with Crippen LogP contribution in [0.3, 0.4) is 0 Å². The number of rotatable bonds is 4. The van der Waals surface area contributed by atoms with E-state index < -0.39 is 9.84 Å². The second-order valence-corrected chi connectivity index (χ2v) is 7.84. The summed E-state index contributed by atoms with van der Waals surface area (Å²) in [6.45, 7) is 2.88. The predicted octanol–water partition coefficient (Wildman–Crippen LogP) is 1.60. The number of hydrogen-bond acceptors (Lipinski definition) is 5. The Balaban J connectivity index is 1.59. The maximum absolute atomic E-state index is 11.5. The number of piperidine rings is 1. The average Bonchev–Trinajstić information content (AvgIpc) is 3.00. The van der Waals surface area contributed by atoms with Gasteiger partial charge in [0.05, 0.1) is 11.1 Å². The van der Waals surface area contributed by atoms with Crippen molar-refractivity contribution in [3.8, 4) is 0 Å². The first kappa shape index (κ1) is 15.0. The molecule has 0 spiro atoms. The van der Waals surface area contributed by atoms with Crippen LogP contribution in [-0.2, 0) is 16.4 Å². The normalized spacial score (nSPS) is 16.9. The Morgan fingerprint density at radius 1 is 1.18 bits per heavy atom. The van der Waals surface area contributed by atoms with Crippen LogP contribution >= 0.6 is 0 Å². The van der Waals surface area contributed by atoms with Crippen molar-refractivity contribution >= 4 is 15.5 Å². The zero-order valence-corrected chi connectivity index (χ0v) is 13.4. The molecule has 0 unspecified atom stereocenters. The molecule has 0 bridgehead atoms. The number of hydrogen-bond donors (Lipinski definition) is 0. The Labute approximate surface area is 130 Å². The van der Waals surface area contributed by atoms with Gasteiger partial charge in [-0.2, -0.15) is 0 Å². The van der Waals surface area contributed by atoms with Crippen molar-refractivity contribution in [2.45, 2.75) is 24.3 Å². The fourth-order valence-electron chi connectivity index (χ4n) is 2.87. The van der Waals surface area contributed by atoms with Gasteiger partial charge in [-0.05, 0) is 43.0 Å². The van der Waals surface area contributed by atoms with E-state index in [0.29, 0.717) is 10.8 Å². The molecular formula is C15H20N4O2S. The summed E-state index contributed by atoms with van der Waals surface area (Å²) in [5.74, 6) is 0.619. The minimum Gasteiger partial charge on any atom is -0.372 e. The lowest BCUT2D eigenvalue weighted by Crippen LogP contribution is -2.35. The van der Waals surface area contributed by atoms with Crippen molar-refractivity contribution < 1.29 is 8.42 Å². The van der Waals surface area contributed by atoms with Crippen LogP contribution in [0.15, 0.2) is 41.6 Å². The van der Waals surface area contributed by atoms with Crippen LogP contribution in [0.25, 0.3) is 0 Å². The highest BCUT2D eigenvalue weighted by atomic mass is 32.2. The summed E-state index contributed by atoms with van der Waals surface area (Å²) >= 11 is 0. The summed E-state index contributed by atoms with van der Waals surface area (Å²) in [5, 5.41) is 7.85. The molecule has 1 fully saturated rings. The molecule has 1 aromatic heterocycles. The fraction of sp³-hybridized carbons (Fsp3) is 0.467. The zero-order chi connectivity index (χ0) is 15.6. The van der Waals surface area contributed by atoms with Crippen LogP contribution in [0.4, 0.5) is 5.69 Å². The van der Waals surface area contributed by atoms with Crippen molar-refractivity contribution in [2.75, 3.05) is 24.2 Å². The molecule has 1 aromatic carbocycles. The van der Waals surface area contributed by atoms with E-state index >= 15 is 0 Å². The first-order valence-corrected chi connectivity index (χ1v) is 9.31. The van der Waals surface area contributed by atoms with Gasteiger partial charge in [0.15, 0.2) is 9.84 Å². The van der Waals surface area contributed by atoms with Gasteiger partial charge in [-0.25, -0.2) is 8.42 Å². The Hall–Kier alpha value is -1.89. The summed E-state index contributed by atoms with van der Waals surface area (Å²) in [6.07, 6.45) is 7.05. The van der Waals surface area contributed by atoms with Crippen molar-refractivity contribution in [3.05, 3.63) is 36.7 Å². The monoisotopic (exact) mass is 320 g/mol. The van der Waals surface area contributed by atoms with E-state index in [-0.39, 0.29) is 0 Å². The third-order valence-electron chi connectivity index (χ3n) is 4.16. The molecule has 0 amide bonds. The molecule has 3 rings (SSSR count). The van der Waals surface area contributed by atoms with Gasteiger partial charge in [0, 0.05) is 37.8 Å². The fourth-order valence-corrected chi connectivity index (χ4v) is 3.50. The first-order chi connectivity index (χ1) is 10.5. The molecule has 2 heterocycles. The zero-order valence-electron chi connectivity index (χ0n) is 12.6. The highest BCUT2D eigenvalue weighted by Crippen LogP contribution is 2.25. The molecule has 22 heavy (non-hydrogen) atoms. The lowest BCUT2D eigenvalue weighted by atomic mass is 9.96. The molecule has 0 aliphatic carbocycles. The Bertz CT molecular complexity index is 703. The molecule has 2 aromatic rings. The maximum Gasteiger partial charge on any atom is 0.175 e. The molecule has 1 aliphatic rings. The van der Waals surface area contributed by atoms with Crippen molar-refractivity contribution in [2.24, 2.45) is 5.92 Å². The third-order valence-corrected chi connectivity index (χ3v) is 5.29. The molecule has 0 radical (unpaired) electrons. The Morgan fingerprint density at radius 2 is 1.86 bits per heavy atom. The molecular weight excluding hydrogens is 300 g/mol. The summed E-state index contributed by atoms with van der Waals surface area (Å²) in [7, 11) is -3.12. The standard InChI is InChI=1S/C15H20N4O2S/c1-22(20,21)15-4-2-14(3-5-15)18-9-6-13(7-10-18)12-19-11-8-16-17-19/h2-5,8,11,13H,6-7,9-10,12H2,1H3. The van der Waals surface area contributed by atoms with Gasteiger partial charge in [0.1, 0.15) is 0 Å². The van der Waals surface area contributed by atoms with Gasteiger partial charge in [0.2, 0.25) is 0 Å². The van der Waals surface area contributed by atoms with E-state index in [1.807, 2.05) is 23.0 Å². The van der Waals surface area contributed by atoms with Crippen LogP contribution in [0.2, 0.25) is 0 Å². The Kier molecular flexibility index (Phi) is 4.15. The third kappa shape index (κ3) is 3.47. The van der Waals surface area contributed by atoms with E-state index in [9.17, 15) is 8.42 Å². The van der Waals surface area contributed by atoms with Gasteiger partial charge in [-0.15, -0.1) is 5.10 Å². The van der Waals surface area contributed by atoms with Gasteiger partial charge >= 0.3 is 0 Å². The quantitative estimate of drug-likeness (QED) is 0.856. The van der Waals surface area contributed by atoms with Crippen LogP contribution in [0.5, 0.6) is 0 Å². The molecule has 1 aliphatic heterocycles. The van der Waals surface area contributed by atoms with E-state index in [0.717, 1.165) is 38.2 Å². The summed E-state index contributed by atoms with van der Waals surface area (Å²) in [4.78, 5) is 2.68.